The maximum absolute atomic E-state index is 12.7. The Morgan fingerprint density at radius 1 is 1.29 bits per heavy atom. The van der Waals surface area contributed by atoms with Crippen molar-refractivity contribution < 1.29 is 22.8 Å². The molecule has 3 rings (SSSR count). The number of thiazole rings is 1. The molecule has 1 aliphatic heterocycles. The number of nitrogens with zero attached hydrogens (tertiary/aromatic N) is 2. The van der Waals surface area contributed by atoms with Gasteiger partial charge in [-0.2, -0.15) is 13.2 Å². The maximum Gasteiger partial charge on any atom is 0.416 e. The summed E-state index contributed by atoms with van der Waals surface area (Å²) >= 11 is 1.15. The lowest BCUT2D eigenvalue weighted by Gasteiger charge is -2.15. The number of hydrogen-bond donors (Lipinski definition) is 1. The Morgan fingerprint density at radius 2 is 2.00 bits per heavy atom. The monoisotopic (exact) mass is 411 g/mol. The number of aromatic nitrogens is 1. The minimum absolute atomic E-state index is 0.158. The van der Waals surface area contributed by atoms with Crippen LogP contribution in [0.15, 0.2) is 24.3 Å². The second-order valence-corrected chi connectivity index (χ2v) is 7.60. The van der Waals surface area contributed by atoms with Crippen molar-refractivity contribution in [3.8, 4) is 10.6 Å². The van der Waals surface area contributed by atoms with Crippen molar-refractivity contribution in [3.05, 3.63) is 40.4 Å². The zero-order chi connectivity index (χ0) is 20.3. The summed E-state index contributed by atoms with van der Waals surface area (Å²) in [7, 11) is 0. The molecule has 1 N–H and O–H groups in total. The van der Waals surface area contributed by atoms with E-state index in [2.05, 4.69) is 10.3 Å². The number of carbonyl (C=O) groups excluding carboxylic acids is 2. The van der Waals surface area contributed by atoms with Crippen LogP contribution in [0.4, 0.5) is 13.2 Å². The normalized spacial score (nSPS) is 14.6. The zero-order valence-corrected chi connectivity index (χ0v) is 16.1. The van der Waals surface area contributed by atoms with Gasteiger partial charge in [0.05, 0.1) is 11.3 Å². The number of aryl methyl sites for hydroxylation is 1. The number of amides is 2. The molecule has 0 unspecified atom stereocenters. The Balaban J connectivity index is 1.58. The number of rotatable bonds is 6. The van der Waals surface area contributed by atoms with Gasteiger partial charge in [0.25, 0.3) is 5.91 Å². The van der Waals surface area contributed by atoms with Gasteiger partial charge < -0.3 is 10.2 Å². The minimum atomic E-state index is -4.39. The van der Waals surface area contributed by atoms with Crippen LogP contribution in [0.3, 0.4) is 0 Å². The molecule has 0 aliphatic carbocycles. The molecule has 2 amide bonds. The molecular formula is C19H20F3N3O2S. The Labute approximate surface area is 164 Å². The van der Waals surface area contributed by atoms with E-state index < -0.39 is 11.7 Å². The van der Waals surface area contributed by atoms with Gasteiger partial charge >= 0.3 is 6.18 Å². The van der Waals surface area contributed by atoms with Crippen LogP contribution < -0.4 is 5.32 Å². The van der Waals surface area contributed by atoms with Crippen LogP contribution in [0.5, 0.6) is 0 Å². The summed E-state index contributed by atoms with van der Waals surface area (Å²) < 4.78 is 38.0. The average Bonchev–Trinajstić information content (AvgIpc) is 3.23. The highest BCUT2D eigenvalue weighted by Gasteiger charge is 2.30. The minimum Gasteiger partial charge on any atom is -0.351 e. The first-order valence-corrected chi connectivity index (χ1v) is 9.78. The fourth-order valence-corrected chi connectivity index (χ4v) is 4.01. The highest BCUT2D eigenvalue weighted by Crippen LogP contribution is 2.32. The number of likely N-dealkylation sites (tertiary alicyclic amines) is 1. The molecule has 1 aromatic carbocycles. The van der Waals surface area contributed by atoms with Crippen LogP contribution in [-0.2, 0) is 11.0 Å². The van der Waals surface area contributed by atoms with Crippen molar-refractivity contribution in [1.29, 1.82) is 0 Å². The van der Waals surface area contributed by atoms with Gasteiger partial charge in [-0.15, -0.1) is 11.3 Å². The second-order valence-electron chi connectivity index (χ2n) is 6.60. The van der Waals surface area contributed by atoms with Crippen LogP contribution in [0, 0.1) is 6.92 Å². The highest BCUT2D eigenvalue weighted by atomic mass is 32.1. The molecule has 9 heteroatoms. The molecule has 1 fully saturated rings. The van der Waals surface area contributed by atoms with Crippen molar-refractivity contribution in [3.63, 3.8) is 0 Å². The topological polar surface area (TPSA) is 62.3 Å². The SMILES string of the molecule is Cc1nc(-c2ccc(C(F)(F)F)cc2)sc1C(=O)NCCCN1CCCC1=O. The van der Waals surface area contributed by atoms with Gasteiger partial charge in [-0.3, -0.25) is 9.59 Å². The first-order chi connectivity index (χ1) is 13.3. The lowest BCUT2D eigenvalue weighted by atomic mass is 10.1. The summed E-state index contributed by atoms with van der Waals surface area (Å²) in [6, 6.07) is 4.72. The van der Waals surface area contributed by atoms with E-state index in [1.807, 2.05) is 0 Å². The summed E-state index contributed by atoms with van der Waals surface area (Å²) in [5.41, 5.74) is 0.346. The Bertz CT molecular complexity index is 862. The van der Waals surface area contributed by atoms with Crippen molar-refractivity contribution in [2.45, 2.75) is 32.4 Å². The molecule has 1 saturated heterocycles. The fraction of sp³-hybridized carbons (Fsp3) is 0.421. The molecule has 5 nitrogen and oxygen atoms in total. The molecule has 0 saturated carbocycles. The van der Waals surface area contributed by atoms with E-state index in [1.165, 1.54) is 12.1 Å². The van der Waals surface area contributed by atoms with E-state index in [-0.39, 0.29) is 11.8 Å². The molecule has 28 heavy (non-hydrogen) atoms. The summed E-state index contributed by atoms with van der Waals surface area (Å²) in [6.45, 7) is 3.53. The molecule has 0 bridgehead atoms. The van der Waals surface area contributed by atoms with Crippen molar-refractivity contribution in [2.24, 2.45) is 0 Å². The smallest absolute Gasteiger partial charge is 0.351 e. The van der Waals surface area contributed by atoms with Gasteiger partial charge in [0.2, 0.25) is 5.91 Å². The van der Waals surface area contributed by atoms with E-state index >= 15 is 0 Å². The third-order valence-corrected chi connectivity index (χ3v) is 5.73. The number of alkyl halides is 3. The maximum atomic E-state index is 12.7. The van der Waals surface area contributed by atoms with Gasteiger partial charge in [-0.25, -0.2) is 4.98 Å². The molecule has 0 radical (unpaired) electrons. The standard InChI is InChI=1S/C19H20F3N3O2S/c1-12-16(17(27)23-9-3-11-25-10-2-4-15(25)26)28-18(24-12)13-5-7-14(8-6-13)19(20,21)22/h5-8H,2-4,9-11H2,1H3,(H,23,27). The van der Waals surface area contributed by atoms with E-state index in [0.717, 1.165) is 36.4 Å². The van der Waals surface area contributed by atoms with Gasteiger partial charge in [0, 0.05) is 31.6 Å². The summed E-state index contributed by atoms with van der Waals surface area (Å²) in [5.74, 6) is -0.105. The predicted octanol–water partition coefficient (Wildman–Crippen LogP) is 3.88. The first-order valence-electron chi connectivity index (χ1n) is 8.97. The van der Waals surface area contributed by atoms with Gasteiger partial charge in [-0.1, -0.05) is 12.1 Å². The number of halogens is 3. The number of hydrogen-bond acceptors (Lipinski definition) is 4. The molecule has 1 aliphatic rings. The highest BCUT2D eigenvalue weighted by molar-refractivity contribution is 7.17. The number of carbonyl (C=O) groups is 2. The first kappa shape index (κ1) is 20.3. The van der Waals surface area contributed by atoms with Gasteiger partial charge in [-0.05, 0) is 31.9 Å². The Kier molecular flexibility index (Phi) is 6.02. The molecule has 0 atom stereocenters. The van der Waals surface area contributed by atoms with Gasteiger partial charge in [0.15, 0.2) is 0 Å². The molecular weight excluding hydrogens is 391 g/mol. The molecule has 2 aromatic rings. The van der Waals surface area contributed by atoms with Crippen LogP contribution >= 0.6 is 11.3 Å². The summed E-state index contributed by atoms with van der Waals surface area (Å²) in [4.78, 5) is 30.5. The number of benzene rings is 1. The van der Waals surface area contributed by atoms with Crippen molar-refractivity contribution >= 4 is 23.2 Å². The largest absolute Gasteiger partial charge is 0.416 e. The van der Waals surface area contributed by atoms with E-state index in [0.29, 0.717) is 47.1 Å². The molecule has 150 valence electrons. The third kappa shape index (κ3) is 4.70. The zero-order valence-electron chi connectivity index (χ0n) is 15.3. The summed E-state index contributed by atoms with van der Waals surface area (Å²) in [6.07, 6.45) is -2.24. The lowest BCUT2D eigenvalue weighted by molar-refractivity contribution is -0.137. The van der Waals surface area contributed by atoms with Crippen LogP contribution in [0.2, 0.25) is 0 Å². The van der Waals surface area contributed by atoms with Crippen LogP contribution in [0.1, 0.15) is 40.2 Å². The van der Waals surface area contributed by atoms with E-state index in [4.69, 9.17) is 0 Å². The van der Waals surface area contributed by atoms with Gasteiger partial charge in [0.1, 0.15) is 9.88 Å². The van der Waals surface area contributed by atoms with E-state index in [9.17, 15) is 22.8 Å². The third-order valence-electron chi connectivity index (χ3n) is 4.52. The average molecular weight is 411 g/mol. The van der Waals surface area contributed by atoms with Crippen molar-refractivity contribution in [1.82, 2.24) is 15.2 Å². The van der Waals surface area contributed by atoms with Crippen molar-refractivity contribution in [2.75, 3.05) is 19.6 Å². The Hall–Kier alpha value is -2.42. The van der Waals surface area contributed by atoms with E-state index in [1.54, 1.807) is 11.8 Å². The molecule has 0 spiro atoms. The Morgan fingerprint density at radius 3 is 2.61 bits per heavy atom. The van der Waals surface area contributed by atoms with Crippen LogP contribution in [-0.4, -0.2) is 41.3 Å². The van der Waals surface area contributed by atoms with Crippen LogP contribution in [0.25, 0.3) is 10.6 Å². The molecule has 2 heterocycles. The predicted molar refractivity (Wildman–Crippen MR) is 100 cm³/mol. The quantitative estimate of drug-likeness (QED) is 0.734. The lowest BCUT2D eigenvalue weighted by Crippen LogP contribution is -2.30. The number of nitrogens with one attached hydrogen (secondary N) is 1. The second kappa shape index (κ2) is 8.30. The summed E-state index contributed by atoms with van der Waals surface area (Å²) in [5, 5.41) is 3.32. The fourth-order valence-electron chi connectivity index (χ4n) is 3.02. The molecule has 1 aromatic heterocycles.